The van der Waals surface area contributed by atoms with E-state index in [0.717, 1.165) is 54.9 Å². The molecule has 0 radical (unpaired) electrons. The molecule has 5 aromatic carbocycles. The minimum Gasteiger partial charge on any atom is -0.468 e. The molecule has 1 fully saturated rings. The van der Waals surface area contributed by atoms with Crippen molar-refractivity contribution in [2.24, 2.45) is 0 Å². The highest BCUT2D eigenvalue weighted by Gasteiger charge is 2.26. The summed E-state index contributed by atoms with van der Waals surface area (Å²) in [5.74, 6) is -0.712. The Morgan fingerprint density at radius 3 is 2.28 bits per heavy atom. The van der Waals surface area contributed by atoms with Gasteiger partial charge in [0.2, 0.25) is 0 Å². The van der Waals surface area contributed by atoms with E-state index in [2.05, 4.69) is 38.0 Å². The van der Waals surface area contributed by atoms with Gasteiger partial charge in [-0.2, -0.15) is 0 Å². The van der Waals surface area contributed by atoms with E-state index in [1.54, 1.807) is 48.0 Å². The summed E-state index contributed by atoms with van der Waals surface area (Å²) in [4.78, 5) is 43.6. The number of amides is 1. The number of benzene rings is 5. The quantitative estimate of drug-likeness (QED) is 0.0390. The van der Waals surface area contributed by atoms with Crippen LogP contribution in [0.15, 0.2) is 131 Å². The van der Waals surface area contributed by atoms with Crippen molar-refractivity contribution in [3.05, 3.63) is 148 Å². The van der Waals surface area contributed by atoms with Gasteiger partial charge in [0.05, 0.1) is 23.5 Å². The topological polar surface area (TPSA) is 154 Å². The van der Waals surface area contributed by atoms with Crippen LogP contribution in [0.5, 0.6) is 0 Å². The normalized spacial score (nSPS) is 13.8. The average Bonchev–Trinajstić information content (AvgIpc) is 3.25. The Bertz CT molecular complexity index is 2360. The molecule has 314 valence electrons. The molecule has 6 rings (SSSR count). The third-order valence-corrected chi connectivity index (χ3v) is 12.9. The number of halogens is 1. The number of nitrogens with one attached hydrogen (secondary N) is 2. The van der Waals surface area contributed by atoms with E-state index in [-0.39, 0.29) is 29.8 Å². The van der Waals surface area contributed by atoms with E-state index in [0.29, 0.717) is 23.7 Å². The largest absolute Gasteiger partial charge is 0.468 e. The molecule has 1 heterocycles. The van der Waals surface area contributed by atoms with E-state index in [1.165, 1.54) is 30.4 Å². The number of hydrogen-bond donors (Lipinski definition) is 2. The molecule has 0 unspecified atom stereocenters. The van der Waals surface area contributed by atoms with Gasteiger partial charge in [0.25, 0.3) is 21.6 Å². The van der Waals surface area contributed by atoms with Crippen molar-refractivity contribution >= 4 is 62.3 Å². The first kappa shape index (κ1) is 44.1. The van der Waals surface area contributed by atoms with Crippen molar-refractivity contribution in [1.82, 2.24) is 14.5 Å². The van der Waals surface area contributed by atoms with Gasteiger partial charge in [-0.25, -0.2) is 13.1 Å². The lowest BCUT2D eigenvalue weighted by atomic mass is 9.99. The Kier molecular flexibility index (Phi) is 15.2. The highest BCUT2D eigenvalue weighted by molar-refractivity contribution is 7.99. The van der Waals surface area contributed by atoms with Crippen LogP contribution >= 0.6 is 23.4 Å². The third kappa shape index (κ3) is 12.1. The fourth-order valence-corrected chi connectivity index (χ4v) is 8.97. The Morgan fingerprint density at radius 1 is 0.917 bits per heavy atom. The minimum atomic E-state index is -4.48. The summed E-state index contributed by atoms with van der Waals surface area (Å²) >= 11 is 7.68. The summed E-state index contributed by atoms with van der Waals surface area (Å²) < 4.78 is 33.7. The highest BCUT2D eigenvalue weighted by Crippen LogP contribution is 2.31. The lowest BCUT2D eigenvalue weighted by molar-refractivity contribution is -0.384. The molecule has 13 nitrogen and oxygen atoms in total. The highest BCUT2D eigenvalue weighted by atomic mass is 35.5. The molecule has 2 N–H and O–H groups in total. The molecule has 1 amide bonds. The van der Waals surface area contributed by atoms with E-state index < -0.39 is 31.4 Å². The molecule has 1 aliphatic rings. The Hall–Kier alpha value is -5.45. The summed E-state index contributed by atoms with van der Waals surface area (Å²) in [5, 5.41) is 16.2. The van der Waals surface area contributed by atoms with Crippen LogP contribution in [0.25, 0.3) is 11.1 Å². The fourth-order valence-electron chi connectivity index (χ4n) is 6.86. The standard InChI is InChI=1S/C44H47ClN6O7S2/c1-48(30-43(52)58-2)23-22-36(31-59-38-9-4-3-5-10-38)46-41-21-20-39(28-42(41)51(54)55)60(56,57)47-44(53)33-14-18-37(19-15-33)50-26-24-49(25-27-50)29-34-8-6-7-11-40(34)32-12-16-35(45)17-13-32/h3-21,28,36,46H,22-27,29-31H2,1-2H3,(H,47,53)/t36-/m1/s1. The number of esters is 1. The second-order valence-corrected chi connectivity index (χ2v) is 17.6. The fraction of sp³-hybridized carbons (Fsp3) is 0.273. The Labute approximate surface area is 359 Å². The number of carbonyl (C=O) groups excluding carboxylic acids is 2. The molecule has 0 aliphatic carbocycles. The number of thioether (sulfide) groups is 1. The van der Waals surface area contributed by atoms with Crippen molar-refractivity contribution in [1.29, 1.82) is 0 Å². The average molecular weight is 871 g/mol. The summed E-state index contributed by atoms with van der Waals surface area (Å²) in [5.41, 5.74) is 4.22. The van der Waals surface area contributed by atoms with Crippen LogP contribution in [0.4, 0.5) is 17.1 Å². The zero-order valence-electron chi connectivity index (χ0n) is 33.3. The molecule has 16 heteroatoms. The van der Waals surface area contributed by atoms with Crippen LogP contribution < -0.4 is 14.9 Å². The van der Waals surface area contributed by atoms with Gasteiger partial charge in [-0.1, -0.05) is 66.2 Å². The predicted molar refractivity (Wildman–Crippen MR) is 237 cm³/mol. The maximum absolute atomic E-state index is 13.4. The van der Waals surface area contributed by atoms with E-state index >= 15 is 0 Å². The van der Waals surface area contributed by atoms with Crippen LogP contribution in [0.3, 0.4) is 0 Å². The van der Waals surface area contributed by atoms with Crippen molar-refractivity contribution in [3.8, 4) is 11.1 Å². The lowest BCUT2D eigenvalue weighted by Crippen LogP contribution is -2.46. The van der Waals surface area contributed by atoms with Gasteiger partial charge in [-0.15, -0.1) is 11.8 Å². The van der Waals surface area contributed by atoms with E-state index in [1.807, 2.05) is 60.7 Å². The minimum absolute atomic E-state index is 0.0819. The number of likely N-dealkylation sites (N-methyl/N-ethyl adjacent to an activating group) is 1. The van der Waals surface area contributed by atoms with Gasteiger partial charge in [0.15, 0.2) is 0 Å². The van der Waals surface area contributed by atoms with Crippen molar-refractivity contribution in [2.45, 2.75) is 28.8 Å². The predicted octanol–water partition coefficient (Wildman–Crippen LogP) is 7.42. The van der Waals surface area contributed by atoms with E-state index in [9.17, 15) is 28.1 Å². The summed E-state index contributed by atoms with van der Waals surface area (Å²) in [6, 6.07) is 35.8. The number of nitro groups is 1. The number of carbonyl (C=O) groups is 2. The first-order chi connectivity index (χ1) is 28.9. The van der Waals surface area contributed by atoms with Crippen molar-refractivity contribution in [3.63, 3.8) is 0 Å². The number of methoxy groups -OCH3 is 1. The van der Waals surface area contributed by atoms with Gasteiger partial charge >= 0.3 is 5.97 Å². The molecule has 1 aliphatic heterocycles. The third-order valence-electron chi connectivity index (χ3n) is 10.2. The van der Waals surface area contributed by atoms with Crippen LogP contribution in [0, 0.1) is 10.1 Å². The molecule has 60 heavy (non-hydrogen) atoms. The van der Waals surface area contributed by atoms with Crippen LogP contribution in [0.1, 0.15) is 22.3 Å². The van der Waals surface area contributed by atoms with Gasteiger partial charge in [-0.05, 0) is 90.8 Å². The monoisotopic (exact) mass is 870 g/mol. The summed E-state index contributed by atoms with van der Waals surface area (Å²) in [7, 11) is -1.39. The van der Waals surface area contributed by atoms with Gasteiger partial charge in [-0.3, -0.25) is 29.5 Å². The second kappa shape index (κ2) is 20.7. The zero-order valence-corrected chi connectivity index (χ0v) is 35.7. The first-order valence-electron chi connectivity index (χ1n) is 19.3. The van der Waals surface area contributed by atoms with Crippen LogP contribution in [-0.4, -0.2) is 100 Å². The number of sulfonamides is 1. The van der Waals surface area contributed by atoms with Gasteiger partial charge in [0, 0.05) is 78.3 Å². The molecular formula is C44H47ClN6O7S2. The zero-order chi connectivity index (χ0) is 42.6. The van der Waals surface area contributed by atoms with Gasteiger partial charge in [0.1, 0.15) is 5.69 Å². The number of nitro benzene ring substituents is 1. The number of rotatable bonds is 18. The molecule has 1 atom stereocenters. The maximum Gasteiger partial charge on any atom is 0.319 e. The van der Waals surface area contributed by atoms with Gasteiger partial charge < -0.3 is 15.0 Å². The summed E-state index contributed by atoms with van der Waals surface area (Å²) in [6.07, 6.45) is 0.510. The number of anilines is 2. The van der Waals surface area contributed by atoms with Crippen molar-refractivity contribution < 1.29 is 27.7 Å². The molecular weight excluding hydrogens is 824 g/mol. The Morgan fingerprint density at radius 2 is 1.60 bits per heavy atom. The summed E-state index contributed by atoms with van der Waals surface area (Å²) in [6.45, 7) is 4.56. The number of nitrogens with zero attached hydrogens (tertiary/aromatic N) is 4. The van der Waals surface area contributed by atoms with Crippen molar-refractivity contribution in [2.75, 3.05) is 69.4 Å². The number of hydrogen-bond acceptors (Lipinski definition) is 12. The van der Waals surface area contributed by atoms with E-state index in [4.69, 9.17) is 16.3 Å². The second-order valence-electron chi connectivity index (χ2n) is 14.4. The molecule has 1 saturated heterocycles. The number of ether oxygens (including phenoxy) is 1. The number of piperazine rings is 1. The molecule has 0 saturated carbocycles. The van der Waals surface area contributed by atoms with Crippen LogP contribution in [0.2, 0.25) is 5.02 Å². The van der Waals surface area contributed by atoms with Crippen LogP contribution in [-0.2, 0) is 26.1 Å². The maximum atomic E-state index is 13.4. The SMILES string of the molecule is COC(=O)CN(C)CC[C@H](CSc1ccccc1)Nc1ccc(S(=O)(=O)NC(=O)c2ccc(N3CCN(Cc4ccccc4-c4ccc(Cl)cc4)CC3)cc2)cc1[N+](=O)[O-]. The first-order valence-corrected chi connectivity index (χ1v) is 22.2. The lowest BCUT2D eigenvalue weighted by Gasteiger charge is -2.36. The smallest absolute Gasteiger partial charge is 0.319 e. The molecule has 5 aromatic rings. The Balaban J connectivity index is 1.06. The molecule has 0 spiro atoms. The molecule has 0 bridgehead atoms. The molecule has 0 aromatic heterocycles.